The van der Waals surface area contributed by atoms with Crippen LogP contribution >= 0.6 is 0 Å². The van der Waals surface area contributed by atoms with E-state index in [0.29, 0.717) is 5.92 Å². The standard InChI is InChI=1S/C9H15NO/c1-3-7(2)10-6-8-4-9(11)5-8/h1,7-11H,4-6H2,2H3. The first kappa shape index (κ1) is 8.58. The van der Waals surface area contributed by atoms with Gasteiger partial charge in [-0.2, -0.15) is 0 Å². The molecule has 0 aromatic carbocycles. The number of hydrogen-bond donors (Lipinski definition) is 2. The zero-order valence-electron chi connectivity index (χ0n) is 6.88. The highest BCUT2D eigenvalue weighted by molar-refractivity contribution is 4.96. The molecule has 0 heterocycles. The Kier molecular flexibility index (Phi) is 2.92. The lowest BCUT2D eigenvalue weighted by atomic mass is 9.82. The summed E-state index contributed by atoms with van der Waals surface area (Å²) in [5.74, 6) is 3.25. The molecule has 0 aromatic heterocycles. The van der Waals surface area contributed by atoms with Crippen molar-refractivity contribution in [3.8, 4) is 12.3 Å². The van der Waals surface area contributed by atoms with Crippen LogP contribution in [-0.4, -0.2) is 23.8 Å². The summed E-state index contributed by atoms with van der Waals surface area (Å²) in [6.07, 6.45) is 7.00. The number of terminal acetylenes is 1. The molecule has 1 aliphatic carbocycles. The van der Waals surface area contributed by atoms with Crippen LogP contribution in [0.1, 0.15) is 19.8 Å². The van der Waals surface area contributed by atoms with Crippen molar-refractivity contribution in [1.29, 1.82) is 0 Å². The number of aliphatic hydroxyl groups excluding tert-OH is 1. The third kappa shape index (κ3) is 2.53. The quantitative estimate of drug-likeness (QED) is 0.574. The van der Waals surface area contributed by atoms with E-state index in [-0.39, 0.29) is 12.1 Å². The Hall–Kier alpha value is -0.520. The maximum atomic E-state index is 8.97. The van der Waals surface area contributed by atoms with Crippen molar-refractivity contribution in [3.05, 3.63) is 0 Å². The smallest absolute Gasteiger partial charge is 0.0658 e. The highest BCUT2D eigenvalue weighted by atomic mass is 16.3. The molecule has 2 heteroatoms. The maximum Gasteiger partial charge on any atom is 0.0658 e. The maximum absolute atomic E-state index is 8.97. The Morgan fingerprint density at radius 1 is 1.73 bits per heavy atom. The van der Waals surface area contributed by atoms with E-state index in [1.807, 2.05) is 6.92 Å². The van der Waals surface area contributed by atoms with Gasteiger partial charge in [0, 0.05) is 0 Å². The van der Waals surface area contributed by atoms with Crippen molar-refractivity contribution >= 4 is 0 Å². The van der Waals surface area contributed by atoms with Crippen LogP contribution in [0.2, 0.25) is 0 Å². The predicted octanol–water partition coefficient (Wildman–Crippen LogP) is 0.369. The fourth-order valence-electron chi connectivity index (χ4n) is 1.27. The molecule has 1 aliphatic rings. The zero-order valence-corrected chi connectivity index (χ0v) is 6.88. The number of rotatable bonds is 3. The van der Waals surface area contributed by atoms with Gasteiger partial charge >= 0.3 is 0 Å². The molecule has 1 unspecified atom stereocenters. The summed E-state index contributed by atoms with van der Waals surface area (Å²) in [6, 6.07) is 0.160. The summed E-state index contributed by atoms with van der Waals surface area (Å²) < 4.78 is 0. The average molecular weight is 153 g/mol. The van der Waals surface area contributed by atoms with Gasteiger partial charge in [-0.05, 0) is 32.2 Å². The minimum atomic E-state index is -0.0528. The van der Waals surface area contributed by atoms with Gasteiger partial charge < -0.3 is 10.4 Å². The Balaban J connectivity index is 2.01. The third-order valence-corrected chi connectivity index (χ3v) is 2.17. The molecular weight excluding hydrogens is 138 g/mol. The molecule has 0 bridgehead atoms. The van der Waals surface area contributed by atoms with Crippen LogP contribution in [0.4, 0.5) is 0 Å². The molecule has 1 atom stereocenters. The minimum absolute atomic E-state index is 0.0528. The van der Waals surface area contributed by atoms with Gasteiger partial charge in [-0.1, -0.05) is 5.92 Å². The van der Waals surface area contributed by atoms with E-state index in [4.69, 9.17) is 11.5 Å². The molecule has 11 heavy (non-hydrogen) atoms. The second kappa shape index (κ2) is 3.75. The van der Waals surface area contributed by atoms with Crippen LogP contribution < -0.4 is 5.32 Å². The Bertz CT molecular complexity index is 155. The topological polar surface area (TPSA) is 32.3 Å². The first-order valence-corrected chi connectivity index (χ1v) is 4.10. The van der Waals surface area contributed by atoms with Crippen LogP contribution in [-0.2, 0) is 0 Å². The van der Waals surface area contributed by atoms with Gasteiger partial charge in [0.2, 0.25) is 0 Å². The zero-order chi connectivity index (χ0) is 8.27. The highest BCUT2D eigenvalue weighted by Gasteiger charge is 2.26. The first-order valence-electron chi connectivity index (χ1n) is 4.10. The van der Waals surface area contributed by atoms with Gasteiger partial charge in [0.05, 0.1) is 12.1 Å². The van der Waals surface area contributed by atoms with Crippen molar-refractivity contribution in [1.82, 2.24) is 5.32 Å². The Morgan fingerprint density at radius 2 is 2.36 bits per heavy atom. The molecule has 62 valence electrons. The van der Waals surface area contributed by atoms with Crippen LogP contribution in [0.15, 0.2) is 0 Å². The van der Waals surface area contributed by atoms with Crippen LogP contribution in [0.3, 0.4) is 0 Å². The van der Waals surface area contributed by atoms with Crippen molar-refractivity contribution in [3.63, 3.8) is 0 Å². The lowest BCUT2D eigenvalue weighted by Gasteiger charge is -2.31. The Morgan fingerprint density at radius 3 is 2.82 bits per heavy atom. The second-order valence-corrected chi connectivity index (χ2v) is 3.29. The molecule has 0 amide bonds. The summed E-state index contributed by atoms with van der Waals surface area (Å²) in [5, 5.41) is 12.2. The molecule has 0 saturated heterocycles. The van der Waals surface area contributed by atoms with Crippen LogP contribution in [0.25, 0.3) is 0 Å². The van der Waals surface area contributed by atoms with Crippen molar-refractivity contribution in [2.24, 2.45) is 5.92 Å². The molecular formula is C9H15NO. The number of aliphatic hydroxyl groups is 1. The van der Waals surface area contributed by atoms with Crippen molar-refractivity contribution in [2.45, 2.75) is 31.9 Å². The minimum Gasteiger partial charge on any atom is -0.393 e. The fraction of sp³-hybridized carbons (Fsp3) is 0.778. The summed E-state index contributed by atoms with van der Waals surface area (Å²) in [5.41, 5.74) is 0. The predicted molar refractivity (Wildman–Crippen MR) is 45.0 cm³/mol. The molecule has 1 fully saturated rings. The van der Waals surface area contributed by atoms with E-state index in [1.54, 1.807) is 0 Å². The molecule has 0 spiro atoms. The Labute approximate surface area is 68.0 Å². The van der Waals surface area contributed by atoms with Gasteiger partial charge in [-0.3, -0.25) is 0 Å². The van der Waals surface area contributed by atoms with Gasteiger partial charge in [0.1, 0.15) is 0 Å². The molecule has 1 saturated carbocycles. The first-order chi connectivity index (χ1) is 5.22. The summed E-state index contributed by atoms with van der Waals surface area (Å²) in [7, 11) is 0. The fourth-order valence-corrected chi connectivity index (χ4v) is 1.27. The SMILES string of the molecule is C#CC(C)NCC1CC(O)C1. The molecule has 0 radical (unpaired) electrons. The number of hydrogen-bond acceptors (Lipinski definition) is 2. The average Bonchev–Trinajstić information content (AvgIpc) is 1.95. The van der Waals surface area contributed by atoms with Gasteiger partial charge in [-0.25, -0.2) is 0 Å². The molecule has 2 N–H and O–H groups in total. The summed E-state index contributed by atoms with van der Waals surface area (Å²) >= 11 is 0. The van der Waals surface area contributed by atoms with Crippen molar-refractivity contribution in [2.75, 3.05) is 6.54 Å². The van der Waals surface area contributed by atoms with Gasteiger partial charge in [0.15, 0.2) is 0 Å². The third-order valence-electron chi connectivity index (χ3n) is 2.17. The summed E-state index contributed by atoms with van der Waals surface area (Å²) in [6.45, 7) is 2.91. The van der Waals surface area contributed by atoms with E-state index < -0.39 is 0 Å². The molecule has 0 aliphatic heterocycles. The number of nitrogens with one attached hydrogen (secondary N) is 1. The largest absolute Gasteiger partial charge is 0.393 e. The van der Waals surface area contributed by atoms with Gasteiger partial charge in [0.25, 0.3) is 0 Å². The van der Waals surface area contributed by atoms with E-state index in [1.165, 1.54) is 0 Å². The van der Waals surface area contributed by atoms with E-state index >= 15 is 0 Å². The normalized spacial score (nSPS) is 32.1. The van der Waals surface area contributed by atoms with E-state index in [2.05, 4.69) is 11.2 Å². The van der Waals surface area contributed by atoms with E-state index in [0.717, 1.165) is 19.4 Å². The van der Waals surface area contributed by atoms with Crippen LogP contribution in [0.5, 0.6) is 0 Å². The lowest BCUT2D eigenvalue weighted by molar-refractivity contribution is 0.0427. The monoisotopic (exact) mass is 153 g/mol. The lowest BCUT2D eigenvalue weighted by Crippen LogP contribution is -2.38. The van der Waals surface area contributed by atoms with Gasteiger partial charge in [-0.15, -0.1) is 6.42 Å². The molecule has 1 rings (SSSR count). The van der Waals surface area contributed by atoms with Crippen molar-refractivity contribution < 1.29 is 5.11 Å². The second-order valence-electron chi connectivity index (χ2n) is 3.29. The van der Waals surface area contributed by atoms with Crippen LogP contribution in [0, 0.1) is 18.3 Å². The molecule has 2 nitrogen and oxygen atoms in total. The summed E-state index contributed by atoms with van der Waals surface area (Å²) in [4.78, 5) is 0. The highest BCUT2D eigenvalue weighted by Crippen LogP contribution is 2.26. The van der Waals surface area contributed by atoms with E-state index in [9.17, 15) is 0 Å². The molecule has 0 aromatic rings.